The number of anilines is 2. The first kappa shape index (κ1) is 26.4. The van der Waals surface area contributed by atoms with Crippen LogP contribution in [0.3, 0.4) is 0 Å². The lowest BCUT2D eigenvalue weighted by Crippen LogP contribution is -2.24. The summed E-state index contributed by atoms with van der Waals surface area (Å²) in [6.07, 6.45) is 0.565. The number of fused-ring (bicyclic) bond motifs is 1. The molecule has 0 bridgehead atoms. The largest absolute Gasteiger partial charge is 0.478 e. The summed E-state index contributed by atoms with van der Waals surface area (Å²) < 4.78 is 0. The molecule has 1 atom stereocenters. The van der Waals surface area contributed by atoms with Gasteiger partial charge in [0.1, 0.15) is 0 Å². The second kappa shape index (κ2) is 11.6. The molecule has 4 N–H and O–H groups in total. The molecule has 0 aliphatic heterocycles. The molecule has 0 aliphatic rings. The Balaban J connectivity index is 1.49. The van der Waals surface area contributed by atoms with Gasteiger partial charge < -0.3 is 20.8 Å². The number of hydrogen-bond acceptors (Lipinski definition) is 5. The number of nitrogens with one attached hydrogen (secondary N) is 2. The topological polar surface area (TPSA) is 133 Å². The first-order chi connectivity index (χ1) is 18.3. The van der Waals surface area contributed by atoms with Crippen molar-refractivity contribution in [1.82, 2.24) is 0 Å². The Morgan fingerprint density at radius 2 is 1.53 bits per heavy atom. The zero-order valence-corrected chi connectivity index (χ0v) is 21.1. The molecule has 0 aromatic heterocycles. The van der Waals surface area contributed by atoms with E-state index in [1.54, 1.807) is 18.2 Å². The van der Waals surface area contributed by atoms with Crippen molar-refractivity contribution in [3.8, 4) is 0 Å². The van der Waals surface area contributed by atoms with Gasteiger partial charge in [0.05, 0.1) is 21.9 Å². The summed E-state index contributed by atoms with van der Waals surface area (Å²) in [5.74, 6) is -3.54. The Bertz CT molecular complexity index is 1550. The number of thioether (sulfide) groups is 1. The number of carboxylic acids is 2. The number of benzene rings is 4. The van der Waals surface area contributed by atoms with Crippen molar-refractivity contribution in [2.45, 2.75) is 23.5 Å². The molecule has 0 saturated heterocycles. The van der Waals surface area contributed by atoms with E-state index < -0.39 is 28.7 Å². The standard InChI is InChI=1S/C29H24N2O6S/c1-2-25(27(33)31-24-12-5-8-17-7-3-4-11-21(17)24)38-20-10-6-9-19(16-20)30-26(32)22-14-13-18(28(34)35)15-23(22)29(36)37/h3-16,25H,2H2,1H3,(H,30,32)(H,31,33)(H,34,35)(H,36,37). The van der Waals surface area contributed by atoms with Gasteiger partial charge in [-0.15, -0.1) is 11.8 Å². The van der Waals surface area contributed by atoms with Crippen LogP contribution in [0.25, 0.3) is 10.8 Å². The lowest BCUT2D eigenvalue weighted by atomic mass is 10.0. The average Bonchev–Trinajstić information content (AvgIpc) is 2.91. The van der Waals surface area contributed by atoms with E-state index in [1.807, 2.05) is 55.5 Å². The van der Waals surface area contributed by atoms with Gasteiger partial charge in [-0.3, -0.25) is 9.59 Å². The van der Waals surface area contributed by atoms with Gasteiger partial charge >= 0.3 is 11.9 Å². The highest BCUT2D eigenvalue weighted by molar-refractivity contribution is 8.00. The summed E-state index contributed by atoms with van der Waals surface area (Å²) >= 11 is 1.35. The van der Waals surface area contributed by atoms with Crippen LogP contribution in [0.5, 0.6) is 0 Å². The molecular formula is C29H24N2O6S. The maximum Gasteiger partial charge on any atom is 0.336 e. The van der Waals surface area contributed by atoms with Crippen molar-refractivity contribution in [2.24, 2.45) is 0 Å². The molecule has 0 aliphatic carbocycles. The van der Waals surface area contributed by atoms with Gasteiger partial charge in [0, 0.05) is 21.7 Å². The van der Waals surface area contributed by atoms with Gasteiger partial charge in [-0.1, -0.05) is 49.4 Å². The van der Waals surface area contributed by atoms with E-state index in [2.05, 4.69) is 10.6 Å². The van der Waals surface area contributed by atoms with Crippen LogP contribution >= 0.6 is 11.8 Å². The molecule has 8 nitrogen and oxygen atoms in total. The lowest BCUT2D eigenvalue weighted by Gasteiger charge is -2.16. The molecular weight excluding hydrogens is 504 g/mol. The van der Waals surface area contributed by atoms with E-state index in [-0.39, 0.29) is 17.0 Å². The zero-order valence-electron chi connectivity index (χ0n) is 20.3. The molecule has 1 unspecified atom stereocenters. The van der Waals surface area contributed by atoms with Gasteiger partial charge in [-0.05, 0) is 54.3 Å². The summed E-state index contributed by atoms with van der Waals surface area (Å²) in [6, 6.07) is 23.7. The van der Waals surface area contributed by atoms with E-state index in [4.69, 9.17) is 5.11 Å². The quantitative estimate of drug-likeness (QED) is 0.196. The van der Waals surface area contributed by atoms with E-state index in [1.165, 1.54) is 23.9 Å². The summed E-state index contributed by atoms with van der Waals surface area (Å²) in [5, 5.41) is 25.8. The molecule has 2 amide bonds. The van der Waals surface area contributed by atoms with Crippen LogP contribution < -0.4 is 10.6 Å². The lowest BCUT2D eigenvalue weighted by molar-refractivity contribution is -0.115. The second-order valence-corrected chi connectivity index (χ2v) is 9.66. The number of rotatable bonds is 9. The van der Waals surface area contributed by atoms with Gasteiger partial charge in [0.25, 0.3) is 5.91 Å². The average molecular weight is 529 g/mol. The van der Waals surface area contributed by atoms with E-state index in [0.717, 1.165) is 27.4 Å². The van der Waals surface area contributed by atoms with E-state index >= 15 is 0 Å². The molecule has 0 fully saturated rings. The van der Waals surface area contributed by atoms with Crippen molar-refractivity contribution < 1.29 is 29.4 Å². The highest BCUT2D eigenvalue weighted by Gasteiger charge is 2.21. The molecule has 0 spiro atoms. The number of carboxylic acid groups (broad SMARTS) is 2. The Morgan fingerprint density at radius 1 is 0.789 bits per heavy atom. The van der Waals surface area contributed by atoms with Gasteiger partial charge in [0.2, 0.25) is 5.91 Å². The number of aromatic carboxylic acids is 2. The van der Waals surface area contributed by atoms with Crippen LogP contribution in [0, 0.1) is 0 Å². The van der Waals surface area contributed by atoms with Crippen molar-refractivity contribution in [3.63, 3.8) is 0 Å². The predicted octanol–water partition coefficient (Wildman–Crippen LogP) is 6.00. The molecule has 9 heteroatoms. The van der Waals surface area contributed by atoms with E-state index in [0.29, 0.717) is 12.1 Å². The van der Waals surface area contributed by atoms with Crippen LogP contribution in [-0.4, -0.2) is 39.2 Å². The summed E-state index contributed by atoms with van der Waals surface area (Å²) in [6.45, 7) is 1.92. The first-order valence-electron chi connectivity index (χ1n) is 11.7. The fourth-order valence-electron chi connectivity index (χ4n) is 3.93. The zero-order chi connectivity index (χ0) is 27.2. The normalized spacial score (nSPS) is 11.5. The minimum absolute atomic E-state index is 0.145. The number of carbonyl (C=O) groups is 4. The van der Waals surface area contributed by atoms with Gasteiger partial charge in [-0.2, -0.15) is 0 Å². The minimum atomic E-state index is -1.41. The number of carbonyl (C=O) groups excluding carboxylic acids is 2. The fourth-order valence-corrected chi connectivity index (χ4v) is 4.95. The molecule has 4 aromatic rings. The Labute approximate surface area is 222 Å². The number of hydrogen-bond donors (Lipinski definition) is 4. The highest BCUT2D eigenvalue weighted by atomic mass is 32.2. The van der Waals surface area contributed by atoms with Crippen LogP contribution in [0.4, 0.5) is 11.4 Å². The summed E-state index contributed by atoms with van der Waals surface area (Å²) in [5.41, 5.74) is 0.328. The molecule has 38 heavy (non-hydrogen) atoms. The molecule has 4 rings (SSSR count). The van der Waals surface area contributed by atoms with Gasteiger partial charge in [0.15, 0.2) is 0 Å². The van der Waals surface area contributed by atoms with Crippen molar-refractivity contribution in [2.75, 3.05) is 10.6 Å². The minimum Gasteiger partial charge on any atom is -0.478 e. The SMILES string of the molecule is CCC(Sc1cccc(NC(=O)c2ccc(C(=O)O)cc2C(=O)O)c1)C(=O)Nc1cccc2ccccc12. The molecule has 0 heterocycles. The third-order valence-electron chi connectivity index (χ3n) is 5.82. The monoisotopic (exact) mass is 528 g/mol. The molecule has 0 saturated carbocycles. The number of amides is 2. The Kier molecular flexibility index (Phi) is 8.08. The van der Waals surface area contributed by atoms with Crippen LogP contribution in [0.15, 0.2) is 89.8 Å². The molecule has 4 aromatic carbocycles. The van der Waals surface area contributed by atoms with Crippen LogP contribution in [-0.2, 0) is 4.79 Å². The van der Waals surface area contributed by atoms with Crippen molar-refractivity contribution in [3.05, 3.63) is 102 Å². The molecule has 192 valence electrons. The highest BCUT2D eigenvalue weighted by Crippen LogP contribution is 2.30. The summed E-state index contributed by atoms with van der Waals surface area (Å²) in [4.78, 5) is 49.5. The Morgan fingerprint density at radius 3 is 2.26 bits per heavy atom. The van der Waals surface area contributed by atoms with Crippen LogP contribution in [0.1, 0.15) is 44.4 Å². The van der Waals surface area contributed by atoms with Crippen molar-refractivity contribution in [1.29, 1.82) is 0 Å². The van der Waals surface area contributed by atoms with Crippen molar-refractivity contribution >= 4 is 57.7 Å². The fraction of sp³-hybridized carbons (Fsp3) is 0.103. The predicted molar refractivity (Wildman–Crippen MR) is 147 cm³/mol. The van der Waals surface area contributed by atoms with E-state index in [9.17, 15) is 24.3 Å². The third kappa shape index (κ3) is 6.01. The van der Waals surface area contributed by atoms with Gasteiger partial charge in [-0.25, -0.2) is 9.59 Å². The second-order valence-electron chi connectivity index (χ2n) is 8.38. The maximum atomic E-state index is 13.1. The molecule has 0 radical (unpaired) electrons. The Hall–Kier alpha value is -4.63. The first-order valence-corrected chi connectivity index (χ1v) is 12.6. The maximum absolute atomic E-state index is 13.1. The van der Waals surface area contributed by atoms with Crippen LogP contribution in [0.2, 0.25) is 0 Å². The third-order valence-corrected chi connectivity index (χ3v) is 7.18. The smallest absolute Gasteiger partial charge is 0.336 e. The summed E-state index contributed by atoms with van der Waals surface area (Å²) in [7, 11) is 0.